The van der Waals surface area contributed by atoms with Gasteiger partial charge in [0.2, 0.25) is 10.0 Å². The van der Waals surface area contributed by atoms with Gasteiger partial charge in [0.15, 0.2) is 0 Å². The fourth-order valence-electron chi connectivity index (χ4n) is 2.46. The zero-order valence-corrected chi connectivity index (χ0v) is 14.7. The number of carbonyl (C=O) groups is 2. The minimum Gasteiger partial charge on any atom is -0.497 e. The summed E-state index contributed by atoms with van der Waals surface area (Å²) in [6.07, 6.45) is 0. The lowest BCUT2D eigenvalue weighted by Gasteiger charge is -2.33. The molecule has 11 heteroatoms. The van der Waals surface area contributed by atoms with E-state index in [2.05, 4.69) is 0 Å². The average Bonchev–Trinajstić information content (AvgIpc) is 2.66. The number of hydrogen-bond donors (Lipinski definition) is 2. The normalized spacial score (nSPS) is 15.6. The lowest BCUT2D eigenvalue weighted by molar-refractivity contribution is -0.146. The van der Waals surface area contributed by atoms with Crippen molar-refractivity contribution in [3.05, 3.63) is 18.2 Å². The standard InChI is InChI=1S/C14H20N4O6S/c1-23-10-3-4-11(24-2)12(9-10)25(21,22)18-7-5-17(6-8-18)14(20)13(19)16-15/h3-4,9H,5-8,15H2,1-2H3,(H,16,19). The molecule has 1 aliphatic rings. The van der Waals surface area contributed by atoms with Gasteiger partial charge >= 0.3 is 11.8 Å². The molecule has 0 unspecified atom stereocenters. The van der Waals surface area contributed by atoms with Gasteiger partial charge in [-0.05, 0) is 12.1 Å². The summed E-state index contributed by atoms with van der Waals surface area (Å²) in [7, 11) is -1.03. The Morgan fingerprint density at radius 1 is 1.12 bits per heavy atom. The summed E-state index contributed by atoms with van der Waals surface area (Å²) in [4.78, 5) is 24.3. The maximum atomic E-state index is 12.9. The minimum absolute atomic E-state index is 0.0196. The molecule has 0 atom stereocenters. The third-order valence-electron chi connectivity index (χ3n) is 3.84. The number of carbonyl (C=O) groups excluding carboxylic acids is 2. The number of nitrogens with one attached hydrogen (secondary N) is 1. The largest absolute Gasteiger partial charge is 0.497 e. The van der Waals surface area contributed by atoms with Crippen molar-refractivity contribution >= 4 is 21.8 Å². The Labute approximate surface area is 145 Å². The number of hydrazine groups is 1. The number of benzene rings is 1. The van der Waals surface area contributed by atoms with E-state index in [1.165, 1.54) is 35.6 Å². The third kappa shape index (κ3) is 3.83. The van der Waals surface area contributed by atoms with Crippen LogP contribution < -0.4 is 20.7 Å². The van der Waals surface area contributed by atoms with Crippen LogP contribution in [0.2, 0.25) is 0 Å². The minimum atomic E-state index is -3.85. The molecule has 25 heavy (non-hydrogen) atoms. The van der Waals surface area contributed by atoms with Gasteiger partial charge < -0.3 is 14.4 Å². The van der Waals surface area contributed by atoms with Crippen LogP contribution in [0.5, 0.6) is 11.5 Å². The quantitative estimate of drug-likeness (QED) is 0.285. The summed E-state index contributed by atoms with van der Waals surface area (Å²) in [5, 5.41) is 0. The topological polar surface area (TPSA) is 131 Å². The van der Waals surface area contributed by atoms with E-state index in [9.17, 15) is 18.0 Å². The molecule has 10 nitrogen and oxygen atoms in total. The summed E-state index contributed by atoms with van der Waals surface area (Å²) in [5.41, 5.74) is 1.76. The molecule has 0 bridgehead atoms. The van der Waals surface area contributed by atoms with Gasteiger partial charge in [-0.1, -0.05) is 0 Å². The second-order valence-corrected chi connectivity index (χ2v) is 7.09. The van der Waals surface area contributed by atoms with Gasteiger partial charge in [0.1, 0.15) is 16.4 Å². The number of piperazine rings is 1. The van der Waals surface area contributed by atoms with Gasteiger partial charge in [0.25, 0.3) is 0 Å². The number of sulfonamides is 1. The summed E-state index contributed by atoms with van der Waals surface area (Å²) in [5.74, 6) is 3.78. The van der Waals surface area contributed by atoms with Crippen molar-refractivity contribution in [1.29, 1.82) is 0 Å². The van der Waals surface area contributed by atoms with Gasteiger partial charge in [-0.15, -0.1) is 0 Å². The van der Waals surface area contributed by atoms with E-state index in [4.69, 9.17) is 15.3 Å². The average molecular weight is 372 g/mol. The molecule has 1 heterocycles. The van der Waals surface area contributed by atoms with Crippen molar-refractivity contribution in [2.45, 2.75) is 4.90 Å². The Morgan fingerprint density at radius 3 is 2.28 bits per heavy atom. The van der Waals surface area contributed by atoms with Crippen molar-refractivity contribution in [3.63, 3.8) is 0 Å². The van der Waals surface area contributed by atoms with Crippen LogP contribution >= 0.6 is 0 Å². The van der Waals surface area contributed by atoms with Gasteiger partial charge in [-0.2, -0.15) is 4.31 Å². The molecule has 1 fully saturated rings. The predicted molar refractivity (Wildman–Crippen MR) is 87.2 cm³/mol. The van der Waals surface area contributed by atoms with Crippen LogP contribution in [0.4, 0.5) is 0 Å². The Kier molecular flexibility index (Phi) is 5.82. The van der Waals surface area contributed by atoms with Crippen LogP contribution in [-0.4, -0.2) is 69.8 Å². The van der Waals surface area contributed by atoms with Crippen LogP contribution in [0.15, 0.2) is 23.1 Å². The lowest BCUT2D eigenvalue weighted by Crippen LogP contribution is -2.54. The molecule has 138 valence electrons. The first kappa shape index (κ1) is 19.0. The molecule has 1 saturated heterocycles. The van der Waals surface area contributed by atoms with Gasteiger partial charge in [-0.25, -0.2) is 14.3 Å². The lowest BCUT2D eigenvalue weighted by atomic mass is 10.3. The van der Waals surface area contributed by atoms with Gasteiger partial charge in [0, 0.05) is 32.2 Å². The van der Waals surface area contributed by atoms with E-state index in [1.807, 2.05) is 0 Å². The van der Waals surface area contributed by atoms with E-state index in [0.717, 1.165) is 0 Å². The number of amides is 2. The number of nitrogens with two attached hydrogens (primary N) is 1. The second-order valence-electron chi connectivity index (χ2n) is 5.19. The number of ether oxygens (including phenoxy) is 2. The Balaban J connectivity index is 2.20. The highest BCUT2D eigenvalue weighted by Gasteiger charge is 2.33. The predicted octanol–water partition coefficient (Wildman–Crippen LogP) is -1.47. The molecular weight excluding hydrogens is 352 g/mol. The van der Waals surface area contributed by atoms with E-state index >= 15 is 0 Å². The molecule has 1 aromatic carbocycles. The van der Waals surface area contributed by atoms with Crippen LogP contribution in [0.25, 0.3) is 0 Å². The van der Waals surface area contributed by atoms with Crippen molar-refractivity contribution in [1.82, 2.24) is 14.6 Å². The van der Waals surface area contributed by atoms with E-state index in [1.54, 1.807) is 11.5 Å². The highest BCUT2D eigenvalue weighted by atomic mass is 32.2. The molecule has 0 aliphatic carbocycles. The Bertz CT molecular complexity index is 759. The summed E-state index contributed by atoms with van der Waals surface area (Å²) >= 11 is 0. The fourth-order valence-corrected chi connectivity index (χ4v) is 4.05. The molecule has 0 spiro atoms. The summed E-state index contributed by atoms with van der Waals surface area (Å²) < 4.78 is 37.2. The zero-order chi connectivity index (χ0) is 18.6. The monoisotopic (exact) mass is 372 g/mol. The molecule has 0 aromatic heterocycles. The van der Waals surface area contributed by atoms with E-state index in [0.29, 0.717) is 5.75 Å². The van der Waals surface area contributed by atoms with Crippen molar-refractivity contribution in [2.24, 2.45) is 5.84 Å². The Hall–Kier alpha value is -2.37. The maximum absolute atomic E-state index is 12.9. The zero-order valence-electron chi connectivity index (χ0n) is 13.9. The van der Waals surface area contributed by atoms with Crippen molar-refractivity contribution in [3.8, 4) is 11.5 Å². The SMILES string of the molecule is COc1ccc(OC)c(S(=O)(=O)N2CCN(C(=O)C(=O)NN)CC2)c1. The molecular formula is C14H20N4O6S. The number of methoxy groups -OCH3 is 2. The molecule has 0 radical (unpaired) electrons. The molecule has 0 saturated carbocycles. The van der Waals surface area contributed by atoms with Crippen molar-refractivity contribution in [2.75, 3.05) is 40.4 Å². The molecule has 2 amide bonds. The smallest absolute Gasteiger partial charge is 0.323 e. The molecule has 1 aromatic rings. The fraction of sp³-hybridized carbons (Fsp3) is 0.429. The maximum Gasteiger partial charge on any atom is 0.323 e. The first-order chi connectivity index (χ1) is 11.8. The van der Waals surface area contributed by atoms with Crippen LogP contribution in [0.1, 0.15) is 0 Å². The van der Waals surface area contributed by atoms with E-state index in [-0.39, 0.29) is 36.8 Å². The highest BCUT2D eigenvalue weighted by molar-refractivity contribution is 7.89. The van der Waals surface area contributed by atoms with Crippen molar-refractivity contribution < 1.29 is 27.5 Å². The number of nitrogens with zero attached hydrogens (tertiary/aromatic N) is 2. The van der Waals surface area contributed by atoms with Crippen LogP contribution in [-0.2, 0) is 19.6 Å². The number of rotatable bonds is 4. The first-order valence-corrected chi connectivity index (χ1v) is 8.81. The summed E-state index contributed by atoms with van der Waals surface area (Å²) in [6.45, 7) is 0.258. The molecule has 1 aliphatic heterocycles. The van der Waals surface area contributed by atoms with Crippen LogP contribution in [0, 0.1) is 0 Å². The molecule has 2 rings (SSSR count). The van der Waals surface area contributed by atoms with Crippen LogP contribution in [0.3, 0.4) is 0 Å². The third-order valence-corrected chi connectivity index (χ3v) is 5.76. The molecule has 3 N–H and O–H groups in total. The van der Waals surface area contributed by atoms with Gasteiger partial charge in [0.05, 0.1) is 14.2 Å². The second kappa shape index (κ2) is 7.68. The highest BCUT2D eigenvalue weighted by Crippen LogP contribution is 2.31. The Morgan fingerprint density at radius 2 is 1.76 bits per heavy atom. The summed E-state index contributed by atoms with van der Waals surface area (Å²) in [6, 6.07) is 4.49. The number of hydrogen-bond acceptors (Lipinski definition) is 7. The first-order valence-electron chi connectivity index (χ1n) is 7.37. The van der Waals surface area contributed by atoms with E-state index < -0.39 is 21.8 Å². The van der Waals surface area contributed by atoms with Gasteiger partial charge in [-0.3, -0.25) is 15.0 Å².